The summed E-state index contributed by atoms with van der Waals surface area (Å²) in [5.74, 6) is -0.200. The SMILES string of the molecule is CSc1nccc(-c2cccc(-c3cc(C4(O)CCN(C)C4=O)on3)c2)n1. The molecule has 1 aliphatic rings. The summed E-state index contributed by atoms with van der Waals surface area (Å²) in [7, 11) is 1.66. The molecule has 3 aromatic rings. The van der Waals surface area contributed by atoms with E-state index < -0.39 is 5.60 Å². The van der Waals surface area contributed by atoms with E-state index in [4.69, 9.17) is 4.52 Å². The predicted molar refractivity (Wildman–Crippen MR) is 101 cm³/mol. The maximum absolute atomic E-state index is 12.2. The van der Waals surface area contributed by atoms with Crippen molar-refractivity contribution in [3.05, 3.63) is 48.4 Å². The van der Waals surface area contributed by atoms with E-state index >= 15 is 0 Å². The van der Waals surface area contributed by atoms with E-state index in [1.54, 1.807) is 19.3 Å². The zero-order valence-electron chi connectivity index (χ0n) is 14.9. The van der Waals surface area contributed by atoms with Crippen molar-refractivity contribution in [1.29, 1.82) is 0 Å². The zero-order chi connectivity index (χ0) is 19.0. The van der Waals surface area contributed by atoms with Gasteiger partial charge in [-0.15, -0.1) is 0 Å². The Balaban J connectivity index is 1.67. The lowest BCUT2D eigenvalue weighted by Crippen LogP contribution is -2.35. The molecule has 0 radical (unpaired) electrons. The number of rotatable bonds is 4. The summed E-state index contributed by atoms with van der Waals surface area (Å²) in [5.41, 5.74) is 1.46. The summed E-state index contributed by atoms with van der Waals surface area (Å²) >= 11 is 1.48. The second kappa shape index (κ2) is 6.79. The molecule has 1 amide bonds. The Kier molecular flexibility index (Phi) is 4.45. The molecule has 3 heterocycles. The molecular weight excluding hydrogens is 364 g/mol. The van der Waals surface area contributed by atoms with E-state index in [0.717, 1.165) is 16.8 Å². The zero-order valence-corrected chi connectivity index (χ0v) is 15.7. The fourth-order valence-corrected chi connectivity index (χ4v) is 3.48. The lowest BCUT2D eigenvalue weighted by Gasteiger charge is -2.16. The molecule has 1 atom stereocenters. The monoisotopic (exact) mass is 382 g/mol. The molecule has 7 nitrogen and oxygen atoms in total. The molecule has 1 N–H and O–H groups in total. The Morgan fingerprint density at radius 1 is 1.22 bits per heavy atom. The van der Waals surface area contributed by atoms with Crippen LogP contribution >= 0.6 is 11.8 Å². The van der Waals surface area contributed by atoms with Crippen molar-refractivity contribution in [3.8, 4) is 22.5 Å². The largest absolute Gasteiger partial charge is 0.373 e. The first-order valence-electron chi connectivity index (χ1n) is 8.44. The van der Waals surface area contributed by atoms with Crippen LogP contribution in [0.3, 0.4) is 0 Å². The van der Waals surface area contributed by atoms with Crippen LogP contribution in [-0.4, -0.2) is 50.9 Å². The van der Waals surface area contributed by atoms with Crippen molar-refractivity contribution in [2.24, 2.45) is 0 Å². The Hall–Kier alpha value is -2.71. The lowest BCUT2D eigenvalue weighted by molar-refractivity contribution is -0.144. The smallest absolute Gasteiger partial charge is 0.262 e. The van der Waals surface area contributed by atoms with Crippen LogP contribution in [0.4, 0.5) is 0 Å². The molecule has 1 fully saturated rings. The summed E-state index contributed by atoms with van der Waals surface area (Å²) in [5, 5.41) is 15.5. The molecule has 0 aliphatic carbocycles. The minimum Gasteiger partial charge on any atom is -0.373 e. The molecule has 0 saturated carbocycles. The third-order valence-electron chi connectivity index (χ3n) is 4.70. The van der Waals surface area contributed by atoms with Crippen molar-refractivity contribution in [2.75, 3.05) is 19.8 Å². The molecule has 1 aromatic carbocycles. The summed E-state index contributed by atoms with van der Waals surface area (Å²) in [6.07, 6.45) is 3.95. The Morgan fingerprint density at radius 2 is 2.00 bits per heavy atom. The second-order valence-electron chi connectivity index (χ2n) is 6.42. The number of aromatic nitrogens is 3. The molecule has 1 aliphatic heterocycles. The van der Waals surface area contributed by atoms with Gasteiger partial charge in [0.1, 0.15) is 5.69 Å². The highest BCUT2D eigenvalue weighted by Crippen LogP contribution is 2.35. The number of carbonyl (C=O) groups is 1. The first-order chi connectivity index (χ1) is 13.0. The Labute approximate surface area is 160 Å². The Bertz CT molecular complexity index is 1010. The van der Waals surface area contributed by atoms with Crippen LogP contribution in [0, 0.1) is 0 Å². The minimum absolute atomic E-state index is 0.170. The third-order valence-corrected chi connectivity index (χ3v) is 5.26. The summed E-state index contributed by atoms with van der Waals surface area (Å²) in [6, 6.07) is 11.2. The highest BCUT2D eigenvalue weighted by molar-refractivity contribution is 7.98. The molecule has 4 rings (SSSR count). The van der Waals surface area contributed by atoms with Crippen LogP contribution in [-0.2, 0) is 10.4 Å². The van der Waals surface area contributed by atoms with E-state index in [-0.39, 0.29) is 18.1 Å². The third kappa shape index (κ3) is 3.11. The summed E-state index contributed by atoms with van der Waals surface area (Å²) in [6.45, 7) is 0.479. The van der Waals surface area contributed by atoms with Gasteiger partial charge in [-0.25, -0.2) is 9.97 Å². The number of thioether (sulfide) groups is 1. The molecule has 138 valence electrons. The van der Waals surface area contributed by atoms with Crippen LogP contribution in [0.2, 0.25) is 0 Å². The van der Waals surface area contributed by atoms with Crippen LogP contribution in [0.5, 0.6) is 0 Å². The molecular formula is C19H18N4O3S. The van der Waals surface area contributed by atoms with Gasteiger partial charge in [0.2, 0.25) is 5.60 Å². The number of benzene rings is 1. The topological polar surface area (TPSA) is 92.4 Å². The fraction of sp³-hybridized carbons (Fsp3) is 0.263. The number of likely N-dealkylation sites (N-methyl/N-ethyl adjacent to an activating group) is 1. The number of nitrogens with zero attached hydrogens (tertiary/aromatic N) is 4. The number of likely N-dealkylation sites (tertiary alicyclic amines) is 1. The first kappa shape index (κ1) is 17.7. The van der Waals surface area contributed by atoms with Gasteiger partial charge in [-0.05, 0) is 18.4 Å². The highest BCUT2D eigenvalue weighted by atomic mass is 32.2. The van der Waals surface area contributed by atoms with Gasteiger partial charge in [-0.1, -0.05) is 35.1 Å². The predicted octanol–water partition coefficient (Wildman–Crippen LogP) is 2.57. The summed E-state index contributed by atoms with van der Waals surface area (Å²) in [4.78, 5) is 22.4. The molecule has 2 aromatic heterocycles. The van der Waals surface area contributed by atoms with Gasteiger partial charge in [0.25, 0.3) is 5.91 Å². The number of amides is 1. The van der Waals surface area contributed by atoms with Crippen LogP contribution < -0.4 is 0 Å². The fourth-order valence-electron chi connectivity index (χ4n) is 3.13. The Morgan fingerprint density at radius 3 is 2.70 bits per heavy atom. The van der Waals surface area contributed by atoms with Gasteiger partial charge < -0.3 is 14.5 Å². The first-order valence-corrected chi connectivity index (χ1v) is 9.67. The second-order valence-corrected chi connectivity index (χ2v) is 7.20. The van der Waals surface area contributed by atoms with Gasteiger partial charge in [-0.2, -0.15) is 0 Å². The van der Waals surface area contributed by atoms with Crippen LogP contribution in [0.15, 0.2) is 52.3 Å². The number of hydrogen-bond acceptors (Lipinski definition) is 7. The molecule has 0 spiro atoms. The van der Waals surface area contributed by atoms with Gasteiger partial charge in [0.05, 0.1) is 5.69 Å². The standard InChI is InChI=1S/C19H18N4O3S/c1-23-9-7-19(25,17(23)24)16-11-15(22-26-16)13-5-3-4-12(10-13)14-6-8-20-18(21-14)27-2/h3-6,8,10-11,25H,7,9H2,1-2H3. The average Bonchev–Trinajstić information content (AvgIpc) is 3.31. The quantitative estimate of drug-likeness (QED) is 0.548. The van der Waals surface area contributed by atoms with Crippen LogP contribution in [0.1, 0.15) is 12.2 Å². The van der Waals surface area contributed by atoms with E-state index in [2.05, 4.69) is 15.1 Å². The van der Waals surface area contributed by atoms with E-state index in [9.17, 15) is 9.90 Å². The van der Waals surface area contributed by atoms with Crippen molar-refractivity contribution in [2.45, 2.75) is 17.2 Å². The highest BCUT2D eigenvalue weighted by Gasteiger charge is 2.48. The summed E-state index contributed by atoms with van der Waals surface area (Å²) < 4.78 is 5.33. The van der Waals surface area contributed by atoms with Crippen molar-refractivity contribution >= 4 is 17.7 Å². The van der Waals surface area contributed by atoms with Gasteiger partial charge >= 0.3 is 0 Å². The van der Waals surface area contributed by atoms with Crippen LogP contribution in [0.25, 0.3) is 22.5 Å². The maximum Gasteiger partial charge on any atom is 0.262 e. The van der Waals surface area contributed by atoms with Crippen molar-refractivity contribution in [3.63, 3.8) is 0 Å². The maximum atomic E-state index is 12.2. The van der Waals surface area contributed by atoms with Gasteiger partial charge in [0, 0.05) is 43.4 Å². The van der Waals surface area contributed by atoms with Gasteiger partial charge in [0.15, 0.2) is 10.9 Å². The van der Waals surface area contributed by atoms with Crippen molar-refractivity contribution in [1.82, 2.24) is 20.0 Å². The average molecular weight is 382 g/mol. The molecule has 1 saturated heterocycles. The number of hydrogen-bond donors (Lipinski definition) is 1. The van der Waals surface area contributed by atoms with Gasteiger partial charge in [-0.3, -0.25) is 4.79 Å². The molecule has 1 unspecified atom stereocenters. The minimum atomic E-state index is -1.64. The lowest BCUT2D eigenvalue weighted by atomic mass is 9.98. The van der Waals surface area contributed by atoms with E-state index in [0.29, 0.717) is 17.4 Å². The van der Waals surface area contributed by atoms with E-state index in [1.165, 1.54) is 16.7 Å². The normalized spacial score (nSPS) is 19.7. The van der Waals surface area contributed by atoms with Crippen molar-refractivity contribution < 1.29 is 14.4 Å². The molecule has 8 heteroatoms. The molecule has 0 bridgehead atoms. The van der Waals surface area contributed by atoms with E-state index in [1.807, 2.05) is 36.6 Å². The number of carbonyl (C=O) groups excluding carboxylic acids is 1. The number of aliphatic hydroxyl groups is 1. The molecule has 27 heavy (non-hydrogen) atoms.